The van der Waals surface area contributed by atoms with Gasteiger partial charge in [-0.25, -0.2) is 4.39 Å². The van der Waals surface area contributed by atoms with Crippen molar-refractivity contribution in [3.05, 3.63) is 41.2 Å². The summed E-state index contributed by atoms with van der Waals surface area (Å²) < 4.78 is 17.8. The second-order valence-corrected chi connectivity index (χ2v) is 2.68. The third-order valence-corrected chi connectivity index (χ3v) is 1.66. The van der Waals surface area contributed by atoms with E-state index in [-0.39, 0.29) is 12.2 Å². The summed E-state index contributed by atoms with van der Waals surface area (Å²) in [5.74, 6) is -0.106. The molecule has 0 N–H and O–H groups in total. The van der Waals surface area contributed by atoms with E-state index in [0.29, 0.717) is 5.75 Å². The molecule has 0 saturated heterocycles. The topological polar surface area (TPSA) is 33.0 Å². The van der Waals surface area contributed by atoms with Crippen molar-refractivity contribution in [2.24, 2.45) is 0 Å². The first-order valence-electron chi connectivity index (χ1n) is 3.85. The molecule has 0 unspecified atom stereocenters. The third kappa shape index (κ3) is 2.75. The van der Waals surface area contributed by atoms with Crippen LogP contribution in [0.5, 0.6) is 5.75 Å². The SMILES string of the molecule is N#Cc1cc(F)ccc1OCC=CCl. The summed E-state index contributed by atoms with van der Waals surface area (Å²) in [6, 6.07) is 5.62. The number of halogens is 2. The molecule has 0 aromatic heterocycles. The minimum absolute atomic E-state index is 0.174. The summed E-state index contributed by atoms with van der Waals surface area (Å²) in [5, 5.41) is 8.66. The van der Waals surface area contributed by atoms with E-state index in [0.717, 1.165) is 6.07 Å². The van der Waals surface area contributed by atoms with Crippen LogP contribution in [0.1, 0.15) is 5.56 Å². The van der Waals surface area contributed by atoms with Crippen LogP contribution in [0.15, 0.2) is 29.8 Å². The average molecular weight is 212 g/mol. The molecule has 4 heteroatoms. The Morgan fingerprint density at radius 3 is 3.00 bits per heavy atom. The van der Waals surface area contributed by atoms with Gasteiger partial charge in [-0.1, -0.05) is 11.6 Å². The number of nitriles is 1. The zero-order chi connectivity index (χ0) is 10.4. The largest absolute Gasteiger partial charge is 0.488 e. The lowest BCUT2D eigenvalue weighted by atomic mass is 10.2. The molecule has 0 aliphatic rings. The van der Waals surface area contributed by atoms with Gasteiger partial charge < -0.3 is 4.74 Å². The van der Waals surface area contributed by atoms with Gasteiger partial charge in [0.15, 0.2) is 0 Å². The number of benzene rings is 1. The summed E-state index contributed by atoms with van der Waals surface area (Å²) in [6.45, 7) is 0.254. The maximum Gasteiger partial charge on any atom is 0.137 e. The van der Waals surface area contributed by atoms with Gasteiger partial charge in [0.1, 0.15) is 24.2 Å². The van der Waals surface area contributed by atoms with Crippen molar-refractivity contribution in [2.45, 2.75) is 0 Å². The van der Waals surface area contributed by atoms with E-state index in [1.165, 1.54) is 17.7 Å². The van der Waals surface area contributed by atoms with Gasteiger partial charge in [-0.3, -0.25) is 0 Å². The first kappa shape index (κ1) is 10.6. The molecule has 72 valence electrons. The fourth-order valence-corrected chi connectivity index (χ4v) is 0.962. The van der Waals surface area contributed by atoms with Gasteiger partial charge in [-0.05, 0) is 24.3 Å². The lowest BCUT2D eigenvalue weighted by Gasteiger charge is -2.04. The molecule has 14 heavy (non-hydrogen) atoms. The summed E-state index contributed by atoms with van der Waals surface area (Å²) in [5.41, 5.74) is 1.49. The van der Waals surface area contributed by atoms with Crippen molar-refractivity contribution < 1.29 is 9.13 Å². The Hall–Kier alpha value is -1.53. The molecule has 0 heterocycles. The van der Waals surface area contributed by atoms with Crippen LogP contribution in [-0.4, -0.2) is 6.61 Å². The fraction of sp³-hybridized carbons (Fsp3) is 0.100. The van der Waals surface area contributed by atoms with Crippen LogP contribution in [0.2, 0.25) is 0 Å². The van der Waals surface area contributed by atoms with E-state index < -0.39 is 5.82 Å². The predicted molar refractivity (Wildman–Crippen MR) is 51.6 cm³/mol. The number of nitrogens with zero attached hydrogens (tertiary/aromatic N) is 1. The second kappa shape index (κ2) is 5.25. The van der Waals surface area contributed by atoms with Crippen LogP contribution >= 0.6 is 11.6 Å². The Bertz CT molecular complexity index is 384. The Kier molecular flexibility index (Phi) is 3.96. The molecule has 1 rings (SSSR count). The molecule has 0 radical (unpaired) electrons. The highest BCUT2D eigenvalue weighted by atomic mass is 35.5. The van der Waals surface area contributed by atoms with Gasteiger partial charge in [-0.2, -0.15) is 5.26 Å². The monoisotopic (exact) mass is 211 g/mol. The van der Waals surface area contributed by atoms with E-state index in [9.17, 15) is 4.39 Å². The van der Waals surface area contributed by atoms with E-state index in [1.807, 2.05) is 6.07 Å². The zero-order valence-corrected chi connectivity index (χ0v) is 7.96. The molecule has 0 aliphatic carbocycles. The molecule has 1 aromatic carbocycles. The predicted octanol–water partition coefficient (Wildman–Crippen LogP) is 2.83. The van der Waals surface area contributed by atoms with Crippen LogP contribution in [0, 0.1) is 17.1 Å². The molecule has 0 amide bonds. The van der Waals surface area contributed by atoms with Gasteiger partial charge in [-0.15, -0.1) is 0 Å². The maximum atomic E-state index is 12.7. The molecule has 0 bridgehead atoms. The molecular formula is C10H7ClFNO. The second-order valence-electron chi connectivity index (χ2n) is 2.42. The van der Waals surface area contributed by atoms with Crippen molar-refractivity contribution >= 4 is 11.6 Å². The fourth-order valence-electron chi connectivity index (χ4n) is 0.890. The lowest BCUT2D eigenvalue weighted by Crippen LogP contribution is -1.95. The minimum Gasteiger partial charge on any atom is -0.488 e. The van der Waals surface area contributed by atoms with Crippen molar-refractivity contribution in [2.75, 3.05) is 6.61 Å². The van der Waals surface area contributed by atoms with Crippen molar-refractivity contribution in [1.82, 2.24) is 0 Å². The highest BCUT2D eigenvalue weighted by Crippen LogP contribution is 2.18. The lowest BCUT2D eigenvalue weighted by molar-refractivity contribution is 0.361. The molecule has 0 atom stereocenters. The first-order valence-corrected chi connectivity index (χ1v) is 4.29. The van der Waals surface area contributed by atoms with E-state index in [1.54, 1.807) is 6.08 Å². The molecule has 0 fully saturated rings. The first-order chi connectivity index (χ1) is 6.77. The van der Waals surface area contributed by atoms with E-state index >= 15 is 0 Å². The van der Waals surface area contributed by atoms with Crippen LogP contribution in [0.25, 0.3) is 0 Å². The highest BCUT2D eigenvalue weighted by Gasteiger charge is 2.03. The Labute approximate surface area is 86.2 Å². The van der Waals surface area contributed by atoms with Gasteiger partial charge in [0.2, 0.25) is 0 Å². The standard InChI is InChI=1S/C10H7ClFNO/c11-4-1-5-14-10-3-2-9(12)6-8(10)7-13/h1-4,6H,5H2. The van der Waals surface area contributed by atoms with E-state index in [2.05, 4.69) is 0 Å². The number of hydrogen-bond acceptors (Lipinski definition) is 2. The molecular weight excluding hydrogens is 205 g/mol. The van der Waals surface area contributed by atoms with Crippen LogP contribution in [0.3, 0.4) is 0 Å². The molecule has 1 aromatic rings. The Balaban J connectivity index is 2.81. The average Bonchev–Trinajstić information content (AvgIpc) is 2.20. The highest BCUT2D eigenvalue weighted by molar-refractivity contribution is 6.25. The summed E-state index contributed by atoms with van der Waals surface area (Å²) in [4.78, 5) is 0. The van der Waals surface area contributed by atoms with E-state index in [4.69, 9.17) is 21.6 Å². The molecule has 0 aliphatic heterocycles. The Morgan fingerprint density at radius 1 is 1.57 bits per heavy atom. The van der Waals surface area contributed by atoms with Gasteiger partial charge in [0.05, 0.1) is 5.56 Å². The normalized spacial score (nSPS) is 10.1. The van der Waals surface area contributed by atoms with Crippen LogP contribution in [0.4, 0.5) is 4.39 Å². The summed E-state index contributed by atoms with van der Waals surface area (Å²) in [6.07, 6.45) is 1.58. The zero-order valence-electron chi connectivity index (χ0n) is 7.21. The third-order valence-electron chi connectivity index (χ3n) is 1.49. The molecule has 2 nitrogen and oxygen atoms in total. The number of ether oxygens (including phenoxy) is 1. The van der Waals surface area contributed by atoms with Gasteiger partial charge >= 0.3 is 0 Å². The van der Waals surface area contributed by atoms with Crippen molar-refractivity contribution in [1.29, 1.82) is 5.26 Å². The minimum atomic E-state index is -0.457. The van der Waals surface area contributed by atoms with Gasteiger partial charge in [0.25, 0.3) is 0 Å². The van der Waals surface area contributed by atoms with Gasteiger partial charge in [0, 0.05) is 5.54 Å². The smallest absolute Gasteiger partial charge is 0.137 e. The maximum absolute atomic E-state index is 12.7. The summed E-state index contributed by atoms with van der Waals surface area (Å²) in [7, 11) is 0. The Morgan fingerprint density at radius 2 is 2.36 bits per heavy atom. The quantitative estimate of drug-likeness (QED) is 0.770. The van der Waals surface area contributed by atoms with Crippen molar-refractivity contribution in [3.63, 3.8) is 0 Å². The molecule has 0 saturated carbocycles. The van der Waals surface area contributed by atoms with Crippen LogP contribution < -0.4 is 4.74 Å². The van der Waals surface area contributed by atoms with Crippen LogP contribution in [-0.2, 0) is 0 Å². The van der Waals surface area contributed by atoms with Crippen molar-refractivity contribution in [3.8, 4) is 11.8 Å². The number of hydrogen-bond donors (Lipinski definition) is 0. The summed E-state index contributed by atoms with van der Waals surface area (Å²) >= 11 is 5.28. The molecule has 0 spiro atoms. The number of rotatable bonds is 3.